The van der Waals surface area contributed by atoms with Gasteiger partial charge in [0.05, 0.1) is 24.8 Å². The van der Waals surface area contributed by atoms with Crippen LogP contribution in [-0.2, 0) is 6.54 Å². The number of nitro benzene ring substituents is 1. The molecule has 0 aliphatic rings. The van der Waals surface area contributed by atoms with Crippen molar-refractivity contribution in [1.29, 1.82) is 0 Å². The normalized spacial score (nSPS) is 10.8. The number of hydrogen-bond acceptors (Lipinski definition) is 7. The molecule has 10 heteroatoms. The molecule has 0 saturated heterocycles. The molecule has 0 atom stereocenters. The maximum Gasteiger partial charge on any atom is 0.315 e. The zero-order chi connectivity index (χ0) is 23.3. The topological polar surface area (TPSA) is 136 Å². The Bertz CT molecular complexity index is 1250. The number of phenols is 1. The molecule has 2 N–H and O–H groups in total. The highest BCUT2D eigenvalue weighted by atomic mass is 16.6. The molecular formula is C22H20N4O6. The number of hydrazone groups is 1. The lowest BCUT2D eigenvalue weighted by molar-refractivity contribution is -0.386. The van der Waals surface area contributed by atoms with Gasteiger partial charge in [-0.3, -0.25) is 19.7 Å². The molecule has 0 unspecified atom stereocenters. The van der Waals surface area contributed by atoms with Gasteiger partial charge in [-0.05, 0) is 30.7 Å². The fourth-order valence-electron chi connectivity index (χ4n) is 2.93. The maximum absolute atomic E-state index is 12.7. The van der Waals surface area contributed by atoms with E-state index in [1.165, 1.54) is 23.8 Å². The molecule has 0 aliphatic heterocycles. The Labute approximate surface area is 182 Å². The number of nitrogens with zero attached hydrogens (tertiary/aromatic N) is 3. The minimum absolute atomic E-state index is 0.106. The lowest BCUT2D eigenvalue weighted by Crippen LogP contribution is -2.30. The summed E-state index contributed by atoms with van der Waals surface area (Å²) in [5, 5.41) is 24.6. The number of aromatic nitrogens is 1. The van der Waals surface area contributed by atoms with Crippen molar-refractivity contribution in [3.63, 3.8) is 0 Å². The maximum atomic E-state index is 12.7. The average molecular weight is 436 g/mol. The summed E-state index contributed by atoms with van der Waals surface area (Å²) in [5.41, 5.74) is 3.29. The standard InChI is InChI=1S/C22H20N4O6/c1-14-5-7-15(8-6-14)13-25-9-3-4-17(22(25)29)21(28)24-23-12-16-10-18(26(30)31)20(27)19(11-16)32-2/h3-12,27H,13H2,1-2H3,(H,24,28)/b23-12-. The molecule has 3 rings (SSSR count). The fraction of sp³-hybridized carbons (Fsp3) is 0.136. The molecule has 0 spiro atoms. The zero-order valence-corrected chi connectivity index (χ0v) is 17.3. The van der Waals surface area contributed by atoms with Crippen LogP contribution in [0.1, 0.15) is 27.0 Å². The number of carbonyl (C=O) groups is 1. The number of amides is 1. The summed E-state index contributed by atoms with van der Waals surface area (Å²) in [4.78, 5) is 35.4. The van der Waals surface area contributed by atoms with Crippen molar-refractivity contribution >= 4 is 17.8 Å². The first-order chi connectivity index (χ1) is 15.3. The Balaban J connectivity index is 1.77. The molecule has 0 aliphatic carbocycles. The van der Waals surface area contributed by atoms with Gasteiger partial charge in [0.15, 0.2) is 5.75 Å². The van der Waals surface area contributed by atoms with Crippen molar-refractivity contribution < 1.29 is 19.6 Å². The van der Waals surface area contributed by atoms with Gasteiger partial charge in [-0.15, -0.1) is 0 Å². The third-order valence-corrected chi connectivity index (χ3v) is 4.61. The molecule has 1 amide bonds. The summed E-state index contributed by atoms with van der Waals surface area (Å²) >= 11 is 0. The van der Waals surface area contributed by atoms with Crippen molar-refractivity contribution in [2.24, 2.45) is 5.10 Å². The Morgan fingerprint density at radius 3 is 2.66 bits per heavy atom. The number of nitro groups is 1. The van der Waals surface area contributed by atoms with Crippen LogP contribution in [0, 0.1) is 17.0 Å². The molecule has 2 aromatic carbocycles. The summed E-state index contributed by atoms with van der Waals surface area (Å²) in [6, 6.07) is 13.0. The number of carbonyl (C=O) groups excluding carboxylic acids is 1. The van der Waals surface area contributed by atoms with Gasteiger partial charge in [0.2, 0.25) is 5.75 Å². The molecule has 164 valence electrons. The highest BCUT2D eigenvalue weighted by molar-refractivity contribution is 5.94. The monoisotopic (exact) mass is 436 g/mol. The highest BCUT2D eigenvalue weighted by Crippen LogP contribution is 2.36. The van der Waals surface area contributed by atoms with Gasteiger partial charge >= 0.3 is 5.69 Å². The molecule has 1 aromatic heterocycles. The smallest absolute Gasteiger partial charge is 0.315 e. The lowest BCUT2D eigenvalue weighted by Gasteiger charge is -2.08. The Kier molecular flexibility index (Phi) is 6.64. The second kappa shape index (κ2) is 9.56. The number of hydrogen-bond donors (Lipinski definition) is 2. The number of aryl methyl sites for hydroxylation is 1. The SMILES string of the molecule is COc1cc(/C=N\NC(=O)c2cccn(Cc3ccc(C)cc3)c2=O)cc([N+](=O)[O-])c1O. The van der Waals surface area contributed by atoms with Gasteiger partial charge in [0.25, 0.3) is 11.5 Å². The van der Waals surface area contributed by atoms with Crippen LogP contribution in [-0.4, -0.2) is 33.8 Å². The first-order valence-corrected chi connectivity index (χ1v) is 9.44. The van der Waals surface area contributed by atoms with E-state index in [2.05, 4.69) is 10.5 Å². The minimum Gasteiger partial charge on any atom is -0.500 e. The van der Waals surface area contributed by atoms with Crippen LogP contribution in [0.5, 0.6) is 11.5 Å². The van der Waals surface area contributed by atoms with Crippen LogP contribution in [0.3, 0.4) is 0 Å². The number of benzene rings is 2. The van der Waals surface area contributed by atoms with E-state index in [9.17, 15) is 24.8 Å². The second-order valence-corrected chi connectivity index (χ2v) is 6.89. The van der Waals surface area contributed by atoms with Crippen LogP contribution in [0.2, 0.25) is 0 Å². The summed E-state index contributed by atoms with van der Waals surface area (Å²) in [6.45, 7) is 2.27. The van der Waals surface area contributed by atoms with E-state index in [4.69, 9.17) is 4.74 Å². The number of pyridine rings is 1. The van der Waals surface area contributed by atoms with Gasteiger partial charge in [-0.1, -0.05) is 29.8 Å². The molecule has 3 aromatic rings. The predicted octanol–water partition coefficient (Wildman–Crippen LogP) is 2.59. The van der Waals surface area contributed by atoms with Gasteiger partial charge in [0.1, 0.15) is 5.56 Å². The molecule has 0 radical (unpaired) electrons. The third kappa shape index (κ3) is 4.98. The quantitative estimate of drug-likeness (QED) is 0.332. The first kappa shape index (κ1) is 22.2. The van der Waals surface area contributed by atoms with Crippen molar-refractivity contribution in [2.45, 2.75) is 13.5 Å². The van der Waals surface area contributed by atoms with E-state index in [-0.39, 0.29) is 16.9 Å². The van der Waals surface area contributed by atoms with Crippen molar-refractivity contribution in [1.82, 2.24) is 9.99 Å². The van der Waals surface area contributed by atoms with Crippen LogP contribution in [0.25, 0.3) is 0 Å². The molecular weight excluding hydrogens is 416 g/mol. The average Bonchev–Trinajstić information content (AvgIpc) is 2.77. The van der Waals surface area contributed by atoms with Crippen LogP contribution >= 0.6 is 0 Å². The van der Waals surface area contributed by atoms with E-state index in [0.29, 0.717) is 6.54 Å². The number of rotatable bonds is 7. The van der Waals surface area contributed by atoms with Gasteiger partial charge in [-0.25, -0.2) is 5.43 Å². The van der Waals surface area contributed by atoms with E-state index < -0.39 is 27.8 Å². The number of ether oxygens (including phenoxy) is 1. The molecule has 32 heavy (non-hydrogen) atoms. The van der Waals surface area contributed by atoms with Gasteiger partial charge in [-0.2, -0.15) is 5.10 Å². The van der Waals surface area contributed by atoms with Crippen molar-refractivity contribution in [3.8, 4) is 11.5 Å². The van der Waals surface area contributed by atoms with E-state index >= 15 is 0 Å². The zero-order valence-electron chi connectivity index (χ0n) is 17.3. The third-order valence-electron chi connectivity index (χ3n) is 4.61. The summed E-state index contributed by atoms with van der Waals surface area (Å²) < 4.78 is 6.32. The second-order valence-electron chi connectivity index (χ2n) is 6.89. The van der Waals surface area contributed by atoms with E-state index in [0.717, 1.165) is 23.4 Å². The molecule has 0 saturated carbocycles. The highest BCUT2D eigenvalue weighted by Gasteiger charge is 2.19. The molecule has 0 bridgehead atoms. The first-order valence-electron chi connectivity index (χ1n) is 9.44. The number of methoxy groups -OCH3 is 1. The Morgan fingerprint density at radius 2 is 2.00 bits per heavy atom. The van der Waals surface area contributed by atoms with Crippen LogP contribution < -0.4 is 15.7 Å². The van der Waals surface area contributed by atoms with E-state index in [1.54, 1.807) is 12.3 Å². The van der Waals surface area contributed by atoms with Gasteiger partial charge in [0, 0.05) is 17.8 Å². The summed E-state index contributed by atoms with van der Waals surface area (Å²) in [6.07, 6.45) is 2.73. The predicted molar refractivity (Wildman–Crippen MR) is 117 cm³/mol. The lowest BCUT2D eigenvalue weighted by atomic mass is 10.1. The Hall–Kier alpha value is -4.47. The number of aromatic hydroxyl groups is 1. The van der Waals surface area contributed by atoms with Crippen molar-refractivity contribution in [2.75, 3.05) is 7.11 Å². The van der Waals surface area contributed by atoms with Gasteiger partial charge < -0.3 is 14.4 Å². The van der Waals surface area contributed by atoms with Crippen LogP contribution in [0.4, 0.5) is 5.69 Å². The van der Waals surface area contributed by atoms with Crippen LogP contribution in [0.15, 0.2) is 64.6 Å². The summed E-state index contributed by atoms with van der Waals surface area (Å²) in [7, 11) is 1.25. The number of nitrogens with one attached hydrogen (secondary N) is 1. The van der Waals surface area contributed by atoms with E-state index in [1.807, 2.05) is 31.2 Å². The molecule has 0 fully saturated rings. The molecule has 1 heterocycles. The minimum atomic E-state index is -0.770. The number of phenolic OH excluding ortho intramolecular Hbond substituents is 1. The van der Waals surface area contributed by atoms with Crippen molar-refractivity contribution in [3.05, 3.63) is 97.4 Å². The Morgan fingerprint density at radius 1 is 1.28 bits per heavy atom. The summed E-state index contributed by atoms with van der Waals surface area (Å²) in [5.74, 6) is -1.46. The largest absolute Gasteiger partial charge is 0.500 e. The fourth-order valence-corrected chi connectivity index (χ4v) is 2.93. The molecule has 10 nitrogen and oxygen atoms in total.